The minimum atomic E-state index is -0.333. The summed E-state index contributed by atoms with van der Waals surface area (Å²) in [5.74, 6) is 0. The average molecular weight is 558 g/mol. The highest BCUT2D eigenvalue weighted by atomic mass is 32.1. The Bertz CT molecular complexity index is 459. The molecule has 0 radical (unpaired) electrons. The van der Waals surface area contributed by atoms with E-state index in [4.69, 9.17) is 0 Å². The normalized spacial score (nSPS) is 13.3. The Balaban J connectivity index is 4.07. The predicted molar refractivity (Wildman–Crippen MR) is 169 cm³/mol. The number of carbonyl (C=O) groups is 1. The van der Waals surface area contributed by atoms with E-state index < -0.39 is 0 Å². The Labute approximate surface area is 243 Å². The van der Waals surface area contributed by atoms with Crippen LogP contribution >= 0.6 is 12.6 Å². The molecule has 0 saturated carbocycles. The molecule has 0 aliphatic carbocycles. The SMILES string of the molecule is CCCCCCCCCCCCC(O)CN(CCCCC(=O)S)CC(O)CCCCCCCCCCCC. The summed E-state index contributed by atoms with van der Waals surface area (Å²) < 4.78 is 0. The van der Waals surface area contributed by atoms with Gasteiger partial charge in [0.05, 0.1) is 12.2 Å². The molecule has 0 rings (SSSR count). The molecule has 0 fully saturated rings. The van der Waals surface area contributed by atoms with Crippen LogP contribution in [0.25, 0.3) is 0 Å². The summed E-state index contributed by atoms with van der Waals surface area (Å²) in [4.78, 5) is 13.4. The van der Waals surface area contributed by atoms with E-state index in [2.05, 4.69) is 31.4 Å². The summed E-state index contributed by atoms with van der Waals surface area (Å²) >= 11 is 3.88. The summed E-state index contributed by atoms with van der Waals surface area (Å²) in [5.41, 5.74) is 0. The summed E-state index contributed by atoms with van der Waals surface area (Å²) in [6, 6.07) is 0. The number of aliphatic hydroxyl groups is 2. The zero-order valence-electron chi connectivity index (χ0n) is 25.7. The lowest BCUT2D eigenvalue weighted by Gasteiger charge is -2.27. The van der Waals surface area contributed by atoms with Gasteiger partial charge in [0.1, 0.15) is 0 Å². The molecule has 4 nitrogen and oxygen atoms in total. The van der Waals surface area contributed by atoms with Gasteiger partial charge in [0, 0.05) is 19.5 Å². The van der Waals surface area contributed by atoms with Crippen LogP contribution < -0.4 is 0 Å². The second-order valence-electron chi connectivity index (χ2n) is 11.9. The molecule has 0 amide bonds. The maximum Gasteiger partial charge on any atom is 0.185 e. The topological polar surface area (TPSA) is 60.8 Å². The van der Waals surface area contributed by atoms with Crippen LogP contribution in [0.4, 0.5) is 0 Å². The first-order valence-corrected chi connectivity index (χ1v) is 17.2. The second-order valence-corrected chi connectivity index (χ2v) is 12.4. The van der Waals surface area contributed by atoms with Crippen molar-refractivity contribution in [1.29, 1.82) is 0 Å². The van der Waals surface area contributed by atoms with Crippen LogP contribution in [0.15, 0.2) is 0 Å². The highest BCUT2D eigenvalue weighted by Gasteiger charge is 2.16. The van der Waals surface area contributed by atoms with Crippen LogP contribution in [-0.2, 0) is 4.79 Å². The molecule has 0 aliphatic heterocycles. The van der Waals surface area contributed by atoms with Gasteiger partial charge in [-0.3, -0.25) is 9.69 Å². The Morgan fingerprint density at radius 1 is 0.553 bits per heavy atom. The smallest absolute Gasteiger partial charge is 0.185 e. The number of unbranched alkanes of at least 4 members (excludes halogenated alkanes) is 19. The van der Waals surface area contributed by atoms with Crippen LogP contribution in [0.3, 0.4) is 0 Å². The van der Waals surface area contributed by atoms with Crippen molar-refractivity contribution in [3.63, 3.8) is 0 Å². The standard InChI is InChI=1S/C33H67NO3S/c1-3-5-7-9-11-13-15-17-19-21-25-31(35)29-34(28-24-23-27-33(37)38)30-32(36)26-22-20-18-16-14-12-10-8-6-4-2/h31-32,35-36H,3-30H2,1-2H3,(H,37,38). The lowest BCUT2D eigenvalue weighted by atomic mass is 10.0. The van der Waals surface area contributed by atoms with Crippen molar-refractivity contribution in [3.8, 4) is 0 Å². The van der Waals surface area contributed by atoms with Crippen LogP contribution in [0.2, 0.25) is 0 Å². The fourth-order valence-corrected chi connectivity index (χ4v) is 5.54. The third-order valence-corrected chi connectivity index (χ3v) is 8.06. The number of hydrogen-bond donors (Lipinski definition) is 3. The Kier molecular flexibility index (Phi) is 29.8. The molecule has 5 heteroatoms. The van der Waals surface area contributed by atoms with Crippen LogP contribution in [-0.4, -0.2) is 52.1 Å². The van der Waals surface area contributed by atoms with Gasteiger partial charge in [-0.2, -0.15) is 0 Å². The quantitative estimate of drug-likeness (QED) is 0.0587. The van der Waals surface area contributed by atoms with Crippen molar-refractivity contribution in [1.82, 2.24) is 4.90 Å². The van der Waals surface area contributed by atoms with E-state index in [0.717, 1.165) is 45.1 Å². The molecule has 0 saturated heterocycles. The summed E-state index contributed by atoms with van der Waals surface area (Å²) in [5, 5.41) is 21.3. The Hall–Kier alpha value is -0.100. The first kappa shape index (κ1) is 37.9. The molecule has 2 N–H and O–H groups in total. The van der Waals surface area contributed by atoms with Crippen molar-refractivity contribution in [3.05, 3.63) is 0 Å². The van der Waals surface area contributed by atoms with Gasteiger partial charge in [-0.1, -0.05) is 142 Å². The maximum absolute atomic E-state index is 11.2. The average Bonchev–Trinajstić information content (AvgIpc) is 2.88. The largest absolute Gasteiger partial charge is 0.392 e. The van der Waals surface area contributed by atoms with Gasteiger partial charge in [0.2, 0.25) is 0 Å². The van der Waals surface area contributed by atoms with Crippen LogP contribution in [0, 0.1) is 0 Å². The van der Waals surface area contributed by atoms with E-state index in [1.54, 1.807) is 0 Å². The highest BCUT2D eigenvalue weighted by molar-refractivity contribution is 7.96. The molecule has 38 heavy (non-hydrogen) atoms. The molecule has 0 aliphatic rings. The molecule has 0 aromatic carbocycles. The van der Waals surface area contributed by atoms with Gasteiger partial charge in [0.25, 0.3) is 0 Å². The number of aliphatic hydroxyl groups excluding tert-OH is 2. The molecule has 0 spiro atoms. The zero-order valence-corrected chi connectivity index (χ0v) is 26.5. The minimum absolute atomic E-state index is 0.0569. The van der Waals surface area contributed by atoms with Gasteiger partial charge >= 0.3 is 0 Å². The fourth-order valence-electron chi connectivity index (χ4n) is 5.38. The van der Waals surface area contributed by atoms with E-state index >= 15 is 0 Å². The predicted octanol–water partition coefficient (Wildman–Crippen LogP) is 9.26. The van der Waals surface area contributed by atoms with Gasteiger partial charge in [-0.15, -0.1) is 12.6 Å². The summed E-state index contributed by atoms with van der Waals surface area (Å²) in [6.45, 7) is 6.61. The Morgan fingerprint density at radius 3 is 1.24 bits per heavy atom. The molecule has 0 aromatic heterocycles. The van der Waals surface area contributed by atoms with E-state index in [0.29, 0.717) is 19.5 Å². The lowest BCUT2D eigenvalue weighted by molar-refractivity contribution is -0.110. The van der Waals surface area contributed by atoms with Gasteiger partial charge in [-0.05, 0) is 32.2 Å². The fraction of sp³-hybridized carbons (Fsp3) is 0.970. The summed E-state index contributed by atoms with van der Waals surface area (Å²) in [7, 11) is 0. The van der Waals surface area contributed by atoms with Crippen LogP contribution in [0.5, 0.6) is 0 Å². The van der Waals surface area contributed by atoms with E-state index in [9.17, 15) is 15.0 Å². The van der Waals surface area contributed by atoms with Crippen molar-refractivity contribution in [2.45, 2.75) is 187 Å². The lowest BCUT2D eigenvalue weighted by Crippen LogP contribution is -2.38. The Morgan fingerprint density at radius 2 is 0.895 bits per heavy atom. The van der Waals surface area contributed by atoms with E-state index in [-0.39, 0.29) is 17.3 Å². The summed E-state index contributed by atoms with van der Waals surface area (Å²) in [6.07, 6.45) is 29.4. The monoisotopic (exact) mass is 557 g/mol. The van der Waals surface area contributed by atoms with Crippen molar-refractivity contribution in [2.24, 2.45) is 0 Å². The molecular formula is C33H67NO3S. The molecule has 0 bridgehead atoms. The number of thiol groups is 1. The first-order chi connectivity index (χ1) is 18.5. The molecule has 0 aromatic rings. The van der Waals surface area contributed by atoms with E-state index in [1.165, 1.54) is 116 Å². The van der Waals surface area contributed by atoms with E-state index in [1.807, 2.05) is 0 Å². The van der Waals surface area contributed by atoms with Gasteiger partial charge in [-0.25, -0.2) is 0 Å². The highest BCUT2D eigenvalue weighted by Crippen LogP contribution is 2.15. The molecule has 0 heterocycles. The van der Waals surface area contributed by atoms with Crippen molar-refractivity contribution in [2.75, 3.05) is 19.6 Å². The number of rotatable bonds is 31. The third kappa shape index (κ3) is 28.9. The van der Waals surface area contributed by atoms with Crippen molar-refractivity contribution < 1.29 is 15.0 Å². The number of carbonyl (C=O) groups excluding carboxylic acids is 1. The van der Waals surface area contributed by atoms with Gasteiger partial charge in [0.15, 0.2) is 5.12 Å². The zero-order chi connectivity index (χ0) is 28.1. The van der Waals surface area contributed by atoms with Crippen molar-refractivity contribution >= 4 is 17.7 Å². The number of nitrogens with zero attached hydrogens (tertiary/aromatic N) is 1. The first-order valence-electron chi connectivity index (χ1n) is 16.8. The molecule has 2 unspecified atom stereocenters. The number of hydrogen-bond acceptors (Lipinski definition) is 4. The maximum atomic E-state index is 11.2. The molecule has 228 valence electrons. The molecular weight excluding hydrogens is 490 g/mol. The minimum Gasteiger partial charge on any atom is -0.392 e. The van der Waals surface area contributed by atoms with Gasteiger partial charge < -0.3 is 10.2 Å². The third-order valence-electron chi connectivity index (χ3n) is 7.83. The second kappa shape index (κ2) is 29.9. The van der Waals surface area contributed by atoms with Crippen LogP contribution in [0.1, 0.15) is 174 Å². The molecule has 2 atom stereocenters.